The number of aliphatic carboxylic acids is 2. The lowest BCUT2D eigenvalue weighted by atomic mass is 9.89. The Morgan fingerprint density at radius 1 is 0.537 bits per heavy atom. The number of amides is 7. The van der Waals surface area contributed by atoms with Crippen LogP contribution in [-0.2, 0) is 59.0 Å². The molecule has 8 heterocycles. The number of likely N-dealkylation sites (N-methyl/N-ethyl adjacent to an activating group) is 1. The number of hydrogen-bond acceptors (Lipinski definition) is 28. The first-order valence-electron chi connectivity index (χ1n) is 38.4. The number of halogens is 2. The standard InChI is InChI=1S/C82H86Cl2N8O29/c1-32(2)9-7-5-4-6-8-10-55(98)87-64-67(101)69(103)72(80(113)114)121-81(64)120-71-52-25-37-26-53(71)117-49-20-15-36(23-44(49)83)65(99)63-78(110)91-62(79(111)112)42-27-38(94)28-51(118-82-70(104)68(102)66(100)54(31-93)119-82)56(42)41-22-34(13-18-46(41)95)59(75(107)92-63)88-76(108)60(37)89-77(109)61-43-29-40(30-48(97)57(43)84)116-50-24-35(14-19-47(50)96)58(85-3)74(106)86-45(73(105)90-61)21-33-11-16-39(115-52)17-12-33/h11-20,22-30,32,45,54,58-70,72,81-82,85,93-97,99-104H,4-10,21,31H2,1-3H3,(H,86,106)(H,87,98)(H,88,108)(H,89,109)(H,90,105)(H,91,110)(H,92,107)(H,111,112)(H,113,114)/t45-,54-,58-,59-,60-,61+,62+,63+,64-,65-,66-,67-,68+,69+,70+,72+,81-,82+/m1/s1. The number of phenolic OH excluding ortho intramolecular Hbond substituents is 4. The number of unbranched alkanes of at least 4 members (excludes halogenated alkanes) is 4. The summed E-state index contributed by atoms with van der Waals surface area (Å²) in [5.41, 5.74) is -3.29. The van der Waals surface area contributed by atoms with Gasteiger partial charge >= 0.3 is 11.9 Å². The van der Waals surface area contributed by atoms with Gasteiger partial charge in [0.25, 0.3) is 0 Å². The molecule has 8 aliphatic heterocycles. The van der Waals surface area contributed by atoms with Crippen LogP contribution in [0.5, 0.6) is 69.0 Å². The van der Waals surface area contributed by atoms with E-state index in [0.29, 0.717) is 18.8 Å². The highest BCUT2D eigenvalue weighted by molar-refractivity contribution is 6.33. The highest BCUT2D eigenvalue weighted by Crippen LogP contribution is 2.50. The molecule has 2 fully saturated rings. The van der Waals surface area contributed by atoms with Gasteiger partial charge in [-0.05, 0) is 120 Å². The zero-order valence-electron chi connectivity index (χ0n) is 64.4. The predicted octanol–water partition coefficient (Wildman–Crippen LogP) is 3.79. The number of aliphatic hydroxyl groups excluding tert-OH is 7. The van der Waals surface area contributed by atoms with E-state index in [0.717, 1.165) is 98.5 Å². The van der Waals surface area contributed by atoms with Crippen molar-refractivity contribution in [3.8, 4) is 80.1 Å². The highest BCUT2D eigenvalue weighted by Gasteiger charge is 2.52. The zero-order valence-corrected chi connectivity index (χ0v) is 65.9. The van der Waals surface area contributed by atoms with Crippen molar-refractivity contribution in [2.24, 2.45) is 5.92 Å². The van der Waals surface area contributed by atoms with Gasteiger partial charge in [0.2, 0.25) is 59.7 Å². The van der Waals surface area contributed by atoms with Crippen molar-refractivity contribution in [2.45, 2.75) is 175 Å². The molecule has 121 heavy (non-hydrogen) atoms. The Balaban J connectivity index is 1.04. The molecular weight excluding hydrogens is 1630 g/mol. The number of carbonyl (C=O) groups is 9. The Morgan fingerprint density at radius 3 is 1.88 bits per heavy atom. The number of carboxylic acid groups (broad SMARTS) is 2. The molecule has 0 spiro atoms. The van der Waals surface area contributed by atoms with E-state index < -0.39 is 271 Å². The molecule has 0 unspecified atom stereocenters. The van der Waals surface area contributed by atoms with Crippen molar-refractivity contribution in [3.63, 3.8) is 0 Å². The highest BCUT2D eigenvalue weighted by atomic mass is 35.5. The fraction of sp³-hybridized carbons (Fsp3) is 0.378. The van der Waals surface area contributed by atoms with Gasteiger partial charge in [-0.15, -0.1) is 0 Å². The molecule has 18 atom stereocenters. The molecule has 7 aromatic carbocycles. The summed E-state index contributed by atoms with van der Waals surface area (Å²) in [6, 6.07) is 4.39. The van der Waals surface area contributed by atoms with Gasteiger partial charge < -0.3 is 142 Å². The molecular formula is C82H86Cl2N8O29. The second kappa shape index (κ2) is 36.6. The lowest BCUT2D eigenvalue weighted by Crippen LogP contribution is -2.66. The Morgan fingerprint density at radius 2 is 1.18 bits per heavy atom. The van der Waals surface area contributed by atoms with Gasteiger partial charge in [0.05, 0.1) is 16.7 Å². The summed E-state index contributed by atoms with van der Waals surface area (Å²) in [4.78, 5) is 136. The summed E-state index contributed by atoms with van der Waals surface area (Å²) in [6.07, 6.45) is -17.5. The van der Waals surface area contributed by atoms with Crippen LogP contribution >= 0.6 is 23.2 Å². The van der Waals surface area contributed by atoms with Crippen molar-refractivity contribution in [1.82, 2.24) is 42.5 Å². The molecule has 17 bridgehead atoms. The van der Waals surface area contributed by atoms with E-state index in [1.807, 2.05) is 0 Å². The number of fused-ring (bicyclic) bond motifs is 14. The molecule has 7 amide bonds. The van der Waals surface area contributed by atoms with Crippen LogP contribution in [0.1, 0.15) is 134 Å². The van der Waals surface area contributed by atoms with Crippen molar-refractivity contribution < 1.29 is 143 Å². The van der Waals surface area contributed by atoms with Crippen LogP contribution in [0.25, 0.3) is 11.1 Å². The van der Waals surface area contributed by atoms with Crippen LogP contribution in [0.15, 0.2) is 115 Å². The van der Waals surface area contributed by atoms with Gasteiger partial charge in [-0.3, -0.25) is 33.6 Å². The predicted molar refractivity (Wildman–Crippen MR) is 419 cm³/mol. The largest absolute Gasteiger partial charge is 0.508 e. The van der Waals surface area contributed by atoms with E-state index in [2.05, 4.69) is 56.4 Å². The lowest BCUT2D eigenvalue weighted by molar-refractivity contribution is -0.277. The molecule has 37 nitrogen and oxygen atoms in total. The van der Waals surface area contributed by atoms with Crippen LogP contribution in [0.2, 0.25) is 10.0 Å². The molecule has 0 saturated carbocycles. The number of rotatable bonds is 17. The van der Waals surface area contributed by atoms with E-state index in [1.165, 1.54) is 49.5 Å². The summed E-state index contributed by atoms with van der Waals surface area (Å²) < 4.78 is 43.9. The van der Waals surface area contributed by atoms with Gasteiger partial charge in [0.15, 0.2) is 35.1 Å². The minimum atomic E-state index is -2.47. The van der Waals surface area contributed by atoms with Crippen LogP contribution < -0.4 is 66.2 Å². The van der Waals surface area contributed by atoms with Crippen LogP contribution in [0, 0.1) is 5.92 Å². The van der Waals surface area contributed by atoms with Gasteiger partial charge in [-0.2, -0.15) is 0 Å². The second-order valence-corrected chi connectivity index (χ2v) is 31.0. The molecule has 2 saturated heterocycles. The number of carboxylic acids is 2. The van der Waals surface area contributed by atoms with Crippen LogP contribution in [0.4, 0.5) is 0 Å². The van der Waals surface area contributed by atoms with Gasteiger partial charge in [0, 0.05) is 47.2 Å². The average Bonchev–Trinajstić information content (AvgIpc) is 0.759. The van der Waals surface area contributed by atoms with Crippen LogP contribution in [-0.4, -0.2) is 207 Å². The van der Waals surface area contributed by atoms with Crippen LogP contribution in [0.3, 0.4) is 0 Å². The number of aromatic hydroxyl groups is 4. The van der Waals surface area contributed by atoms with E-state index in [4.69, 9.17) is 56.4 Å². The third kappa shape index (κ3) is 18.7. The molecule has 0 aliphatic carbocycles. The number of ether oxygens (including phenoxy) is 7. The van der Waals surface area contributed by atoms with Gasteiger partial charge in [-0.1, -0.05) is 99.5 Å². The second-order valence-electron chi connectivity index (χ2n) is 30.2. The maximum absolute atomic E-state index is 16.7. The molecule has 39 heteroatoms. The van der Waals surface area contributed by atoms with E-state index in [1.54, 1.807) is 0 Å². The van der Waals surface area contributed by atoms with Crippen molar-refractivity contribution in [3.05, 3.63) is 164 Å². The average molecular weight is 1720 g/mol. The summed E-state index contributed by atoms with van der Waals surface area (Å²) in [7, 11) is 1.42. The monoisotopic (exact) mass is 1720 g/mol. The number of hydrogen-bond donors (Lipinski definition) is 21. The lowest BCUT2D eigenvalue weighted by Gasteiger charge is -2.41. The first kappa shape index (κ1) is 87.0. The zero-order chi connectivity index (χ0) is 86.9. The number of phenols is 4. The van der Waals surface area contributed by atoms with E-state index in [9.17, 15) is 85.6 Å². The number of nitrogens with one attached hydrogen (secondary N) is 8. The number of carbonyl (C=O) groups excluding carboxylic acids is 7. The smallest absolute Gasteiger partial charge is 0.335 e. The first-order chi connectivity index (χ1) is 57.7. The minimum Gasteiger partial charge on any atom is -0.508 e. The third-order valence-corrected chi connectivity index (χ3v) is 22.1. The summed E-state index contributed by atoms with van der Waals surface area (Å²) in [5.74, 6) is -19.1. The maximum Gasteiger partial charge on any atom is 0.335 e. The topological polar surface area (TPSA) is 577 Å². The summed E-state index contributed by atoms with van der Waals surface area (Å²) in [6.45, 7) is 3.21. The van der Waals surface area contributed by atoms with E-state index in [-0.39, 0.29) is 40.4 Å². The molecule has 15 rings (SSSR count). The summed E-state index contributed by atoms with van der Waals surface area (Å²) >= 11 is 14.2. The Labute approximate surface area is 697 Å². The fourth-order valence-corrected chi connectivity index (χ4v) is 15.5. The van der Waals surface area contributed by atoms with Crippen molar-refractivity contribution in [2.75, 3.05) is 13.7 Å². The van der Waals surface area contributed by atoms with Gasteiger partial charge in [-0.25, -0.2) is 9.59 Å². The normalized spacial score (nSPS) is 26.6. The fourth-order valence-electron chi connectivity index (χ4n) is 15.0. The minimum absolute atomic E-state index is 0.154. The Bertz CT molecular complexity index is 5180. The van der Waals surface area contributed by atoms with E-state index >= 15 is 24.0 Å². The Hall–Kier alpha value is -11.9. The SMILES string of the molecule is CN[C@H]1C(=O)N[C@@H]2Cc3ccc(cc3)Oc3cc4cc(c3O[C@@H]3O[C@H](C(=O)O)[C@@H](O)[C@H](O)[C@H]3NC(=O)CCCCCCCC(C)C)Oc3ccc(cc3Cl)[C@@H](O)[C@@H]3NC(=O)[C@H](NC(=O)[C@@H]4NC(=O)[C@@H](NC2=O)c2cc(cc(O)c2Cl)Oc2cc1ccc2O)c1ccc(O)c(c1)-c1c(O[C@H]2O[C@H](CO)[C@@H](O)[C@H](O)[C@@H]2O)cc(O)cc1[C@@H](C(=O)O)NC3=O. The first-order valence-corrected chi connectivity index (χ1v) is 39.2. The Kier molecular flexibility index (Phi) is 26.3. The number of aliphatic hydroxyl groups is 7. The molecule has 642 valence electrons. The molecule has 21 N–H and O–H groups in total. The quantitative estimate of drug-likeness (QED) is 0.0577. The molecule has 8 aliphatic rings. The number of benzene rings is 7. The summed E-state index contributed by atoms with van der Waals surface area (Å²) in [5, 5.41) is 167. The third-order valence-electron chi connectivity index (χ3n) is 21.4. The maximum atomic E-state index is 16.7. The van der Waals surface area contributed by atoms with Gasteiger partial charge in [0.1, 0.15) is 125 Å². The van der Waals surface area contributed by atoms with Crippen molar-refractivity contribution >= 4 is 76.5 Å². The molecule has 0 aromatic heterocycles. The molecule has 7 aromatic rings. The molecule has 0 radical (unpaired) electrons. The van der Waals surface area contributed by atoms with Crippen molar-refractivity contribution in [1.29, 1.82) is 0 Å².